The standard InChI is InChI=1S/C20H16N2O6/c1-12-5-7-14(8-6-12)22-19(26)16(18(25)21-20(22)27)10-13-3-2-4-15(9-13)28-11-17(23)24/h2-10H,11H2,1H3,(H,23,24)(H,21,25,27)/b16-10+. The number of aliphatic carboxylic acids is 1. The SMILES string of the molecule is Cc1ccc(N2C(=O)NC(=O)/C(=C\c3cccc(OCC(=O)O)c3)C2=O)cc1. The maximum atomic E-state index is 12.8. The van der Waals surface area contributed by atoms with Crippen LogP contribution < -0.4 is 15.0 Å². The molecule has 3 rings (SSSR count). The predicted octanol–water partition coefficient (Wildman–Crippen LogP) is 2.12. The second kappa shape index (κ2) is 7.75. The Morgan fingerprint density at radius 3 is 2.54 bits per heavy atom. The number of anilines is 1. The minimum atomic E-state index is -1.13. The summed E-state index contributed by atoms with van der Waals surface area (Å²) < 4.78 is 5.09. The largest absolute Gasteiger partial charge is 0.482 e. The predicted molar refractivity (Wildman–Crippen MR) is 99.8 cm³/mol. The van der Waals surface area contributed by atoms with Crippen LogP contribution in [0, 0.1) is 6.92 Å². The summed E-state index contributed by atoms with van der Waals surface area (Å²) >= 11 is 0. The Kier molecular flexibility index (Phi) is 5.21. The van der Waals surface area contributed by atoms with Crippen molar-refractivity contribution in [3.8, 4) is 5.75 Å². The van der Waals surface area contributed by atoms with Crippen molar-refractivity contribution in [3.63, 3.8) is 0 Å². The zero-order valence-electron chi connectivity index (χ0n) is 14.8. The van der Waals surface area contributed by atoms with Gasteiger partial charge in [0.05, 0.1) is 5.69 Å². The summed E-state index contributed by atoms with van der Waals surface area (Å²) in [7, 11) is 0. The van der Waals surface area contributed by atoms with E-state index in [1.165, 1.54) is 12.1 Å². The molecule has 2 aromatic carbocycles. The van der Waals surface area contributed by atoms with E-state index in [1.54, 1.807) is 42.5 Å². The normalized spacial score (nSPS) is 15.5. The minimum absolute atomic E-state index is 0.226. The van der Waals surface area contributed by atoms with Crippen LogP contribution in [0.4, 0.5) is 10.5 Å². The Labute approximate surface area is 160 Å². The van der Waals surface area contributed by atoms with E-state index in [1.807, 2.05) is 6.92 Å². The van der Waals surface area contributed by atoms with Crippen LogP contribution in [0.15, 0.2) is 54.1 Å². The highest BCUT2D eigenvalue weighted by Gasteiger charge is 2.36. The fraction of sp³-hybridized carbons (Fsp3) is 0.100. The van der Waals surface area contributed by atoms with Crippen molar-refractivity contribution in [1.82, 2.24) is 5.32 Å². The van der Waals surface area contributed by atoms with Gasteiger partial charge in [-0.3, -0.25) is 14.9 Å². The van der Waals surface area contributed by atoms with Gasteiger partial charge in [0.15, 0.2) is 6.61 Å². The van der Waals surface area contributed by atoms with Crippen LogP contribution in [0.1, 0.15) is 11.1 Å². The molecular formula is C20H16N2O6. The second-order valence-corrected chi connectivity index (χ2v) is 6.05. The molecule has 8 heteroatoms. The molecule has 2 N–H and O–H groups in total. The van der Waals surface area contributed by atoms with E-state index >= 15 is 0 Å². The quantitative estimate of drug-likeness (QED) is 0.607. The number of rotatable bonds is 5. The lowest BCUT2D eigenvalue weighted by Gasteiger charge is -2.26. The highest BCUT2D eigenvalue weighted by Crippen LogP contribution is 2.23. The van der Waals surface area contributed by atoms with Gasteiger partial charge in [0, 0.05) is 0 Å². The zero-order chi connectivity index (χ0) is 20.3. The average Bonchev–Trinajstić information content (AvgIpc) is 2.65. The molecule has 1 aliphatic rings. The first-order valence-corrected chi connectivity index (χ1v) is 8.28. The van der Waals surface area contributed by atoms with Gasteiger partial charge in [-0.1, -0.05) is 29.8 Å². The molecule has 0 unspecified atom stereocenters. The zero-order valence-corrected chi connectivity index (χ0v) is 14.8. The van der Waals surface area contributed by atoms with Gasteiger partial charge in [-0.15, -0.1) is 0 Å². The number of amides is 4. The van der Waals surface area contributed by atoms with Crippen LogP contribution in [0.2, 0.25) is 0 Å². The number of nitrogens with zero attached hydrogens (tertiary/aromatic N) is 1. The summed E-state index contributed by atoms with van der Waals surface area (Å²) in [6, 6.07) is 12.2. The molecule has 0 radical (unpaired) electrons. The fourth-order valence-electron chi connectivity index (χ4n) is 2.59. The second-order valence-electron chi connectivity index (χ2n) is 6.05. The lowest BCUT2D eigenvalue weighted by atomic mass is 10.1. The lowest BCUT2D eigenvalue weighted by molar-refractivity contribution is -0.139. The number of hydrogen-bond acceptors (Lipinski definition) is 5. The van der Waals surface area contributed by atoms with Crippen molar-refractivity contribution in [2.45, 2.75) is 6.92 Å². The number of hydrogen-bond donors (Lipinski definition) is 2. The van der Waals surface area contributed by atoms with Crippen molar-refractivity contribution in [2.24, 2.45) is 0 Å². The molecule has 4 amide bonds. The highest BCUT2D eigenvalue weighted by molar-refractivity contribution is 6.39. The number of carboxylic acids is 1. The molecule has 8 nitrogen and oxygen atoms in total. The number of imide groups is 2. The number of carboxylic acid groups (broad SMARTS) is 1. The van der Waals surface area contributed by atoms with E-state index in [0.29, 0.717) is 11.3 Å². The van der Waals surface area contributed by atoms with Gasteiger partial charge in [-0.2, -0.15) is 0 Å². The Morgan fingerprint density at radius 2 is 1.86 bits per heavy atom. The summed E-state index contributed by atoms with van der Waals surface area (Å²) in [4.78, 5) is 48.7. The third-order valence-corrected chi connectivity index (χ3v) is 3.93. The lowest BCUT2D eigenvalue weighted by Crippen LogP contribution is -2.54. The molecule has 1 fully saturated rings. The number of benzene rings is 2. The third-order valence-electron chi connectivity index (χ3n) is 3.93. The minimum Gasteiger partial charge on any atom is -0.482 e. The number of barbiturate groups is 1. The van der Waals surface area contributed by atoms with Gasteiger partial charge in [0.2, 0.25) is 0 Å². The number of urea groups is 1. The summed E-state index contributed by atoms with van der Waals surface area (Å²) in [5, 5.41) is 10.8. The summed E-state index contributed by atoms with van der Waals surface area (Å²) in [5.74, 6) is -2.42. The Bertz CT molecular complexity index is 994. The molecule has 1 heterocycles. The molecule has 1 saturated heterocycles. The van der Waals surface area contributed by atoms with Crippen LogP contribution >= 0.6 is 0 Å². The van der Waals surface area contributed by atoms with Crippen molar-refractivity contribution < 1.29 is 29.0 Å². The van der Waals surface area contributed by atoms with Crippen LogP contribution in [0.5, 0.6) is 5.75 Å². The number of carbonyl (C=O) groups excluding carboxylic acids is 3. The van der Waals surface area contributed by atoms with Gasteiger partial charge in [0.1, 0.15) is 11.3 Å². The molecule has 0 aromatic heterocycles. The van der Waals surface area contributed by atoms with E-state index < -0.39 is 30.4 Å². The highest BCUT2D eigenvalue weighted by atomic mass is 16.5. The third kappa shape index (κ3) is 4.07. The van der Waals surface area contributed by atoms with Crippen molar-refractivity contribution in [1.29, 1.82) is 0 Å². The number of carbonyl (C=O) groups is 4. The molecule has 0 atom stereocenters. The molecule has 0 spiro atoms. The smallest absolute Gasteiger partial charge is 0.341 e. The first-order chi connectivity index (χ1) is 13.3. The number of ether oxygens (including phenoxy) is 1. The van der Waals surface area contributed by atoms with E-state index in [0.717, 1.165) is 10.5 Å². The van der Waals surface area contributed by atoms with E-state index in [2.05, 4.69) is 5.32 Å². The van der Waals surface area contributed by atoms with Crippen LogP contribution in [-0.2, 0) is 14.4 Å². The molecule has 0 aliphatic carbocycles. The van der Waals surface area contributed by atoms with Crippen molar-refractivity contribution in [3.05, 3.63) is 65.2 Å². The Morgan fingerprint density at radius 1 is 1.14 bits per heavy atom. The van der Waals surface area contributed by atoms with Gasteiger partial charge in [-0.25, -0.2) is 14.5 Å². The maximum absolute atomic E-state index is 12.8. The first-order valence-electron chi connectivity index (χ1n) is 8.28. The molecule has 0 saturated carbocycles. The Balaban J connectivity index is 1.92. The first kappa shape index (κ1) is 18.8. The molecule has 142 valence electrons. The van der Waals surface area contributed by atoms with Crippen LogP contribution in [0.25, 0.3) is 6.08 Å². The van der Waals surface area contributed by atoms with E-state index in [-0.39, 0.29) is 11.3 Å². The summed E-state index contributed by atoms with van der Waals surface area (Å²) in [5.41, 5.74) is 1.51. The summed E-state index contributed by atoms with van der Waals surface area (Å²) in [6.45, 7) is 1.35. The topological polar surface area (TPSA) is 113 Å². The number of nitrogens with one attached hydrogen (secondary N) is 1. The molecule has 0 bridgehead atoms. The van der Waals surface area contributed by atoms with Crippen molar-refractivity contribution >= 4 is 35.6 Å². The number of aryl methyl sites for hydroxylation is 1. The van der Waals surface area contributed by atoms with Crippen LogP contribution in [0.3, 0.4) is 0 Å². The van der Waals surface area contributed by atoms with Crippen LogP contribution in [-0.4, -0.2) is 35.5 Å². The average molecular weight is 380 g/mol. The van der Waals surface area contributed by atoms with Gasteiger partial charge in [-0.05, 0) is 42.8 Å². The monoisotopic (exact) mass is 380 g/mol. The maximum Gasteiger partial charge on any atom is 0.341 e. The fourth-order valence-corrected chi connectivity index (χ4v) is 2.59. The molecule has 1 aliphatic heterocycles. The van der Waals surface area contributed by atoms with Gasteiger partial charge >= 0.3 is 12.0 Å². The van der Waals surface area contributed by atoms with Gasteiger partial charge in [0.25, 0.3) is 11.8 Å². The van der Waals surface area contributed by atoms with Gasteiger partial charge < -0.3 is 9.84 Å². The summed E-state index contributed by atoms with van der Waals surface area (Å²) in [6.07, 6.45) is 1.32. The van der Waals surface area contributed by atoms with Crippen molar-refractivity contribution in [2.75, 3.05) is 11.5 Å². The molecular weight excluding hydrogens is 364 g/mol. The molecule has 28 heavy (non-hydrogen) atoms. The Hall–Kier alpha value is -3.94. The van der Waals surface area contributed by atoms with E-state index in [4.69, 9.17) is 9.84 Å². The molecule has 2 aromatic rings. The van der Waals surface area contributed by atoms with E-state index in [9.17, 15) is 19.2 Å².